The van der Waals surface area contributed by atoms with E-state index >= 15 is 0 Å². The van der Waals surface area contributed by atoms with E-state index in [-0.39, 0.29) is 18.4 Å². The lowest BCUT2D eigenvalue weighted by molar-refractivity contribution is -0.139. The van der Waals surface area contributed by atoms with Crippen molar-refractivity contribution < 1.29 is 9.59 Å². The smallest absolute Gasteiger partial charge is 0.228 e. The van der Waals surface area contributed by atoms with Crippen LogP contribution in [-0.4, -0.2) is 38.9 Å². The number of fused-ring (bicyclic) bond motifs is 1. The summed E-state index contributed by atoms with van der Waals surface area (Å²) < 4.78 is 0. The molecule has 1 aromatic carbocycles. The van der Waals surface area contributed by atoms with Gasteiger partial charge < -0.3 is 25.9 Å². The molecule has 0 spiro atoms. The molecule has 170 valence electrons. The molecule has 4 N–H and O–H groups in total. The van der Waals surface area contributed by atoms with Crippen molar-refractivity contribution in [2.45, 2.75) is 34.2 Å². The lowest BCUT2D eigenvalue weighted by Crippen LogP contribution is -2.44. The van der Waals surface area contributed by atoms with Gasteiger partial charge in [-0.15, -0.1) is 0 Å². The quantitative estimate of drug-likeness (QED) is 0.473. The van der Waals surface area contributed by atoms with Crippen LogP contribution in [-0.2, 0) is 16.1 Å². The van der Waals surface area contributed by atoms with Gasteiger partial charge >= 0.3 is 0 Å². The molecule has 0 radical (unpaired) electrons. The van der Waals surface area contributed by atoms with Gasteiger partial charge in [0.1, 0.15) is 5.82 Å². The molecule has 4 rings (SSSR count). The number of carbonyl (C=O) groups excluding carboxylic acids is 2. The minimum absolute atomic E-state index is 0.00322. The molecule has 8 nitrogen and oxygen atoms in total. The van der Waals surface area contributed by atoms with Crippen LogP contribution in [0.15, 0.2) is 48.7 Å². The number of amides is 2. The average Bonchev–Trinajstić information content (AvgIpc) is 3.11. The molecule has 1 aliphatic rings. The van der Waals surface area contributed by atoms with Gasteiger partial charge in [0.2, 0.25) is 11.8 Å². The van der Waals surface area contributed by atoms with Gasteiger partial charge in [-0.3, -0.25) is 9.59 Å². The highest BCUT2D eigenvalue weighted by molar-refractivity contribution is 6.11. The van der Waals surface area contributed by atoms with E-state index in [1.165, 1.54) is 6.92 Å². The van der Waals surface area contributed by atoms with Crippen molar-refractivity contribution in [3.63, 3.8) is 0 Å². The van der Waals surface area contributed by atoms with Crippen LogP contribution in [0, 0.1) is 10.8 Å². The maximum Gasteiger partial charge on any atom is 0.228 e. The van der Waals surface area contributed by atoms with E-state index in [9.17, 15) is 9.59 Å². The van der Waals surface area contributed by atoms with E-state index in [2.05, 4.69) is 20.6 Å². The fraction of sp³-hybridized carbons (Fsp3) is 0.280. The van der Waals surface area contributed by atoms with Crippen molar-refractivity contribution in [1.82, 2.24) is 14.9 Å². The van der Waals surface area contributed by atoms with Gasteiger partial charge in [-0.05, 0) is 24.3 Å². The molecule has 0 saturated heterocycles. The summed E-state index contributed by atoms with van der Waals surface area (Å²) in [6.45, 7) is 7.73. The first kappa shape index (κ1) is 22.3. The highest BCUT2D eigenvalue weighted by Crippen LogP contribution is 2.39. The number of pyridine rings is 1. The van der Waals surface area contributed by atoms with Gasteiger partial charge in [-0.25, -0.2) is 4.98 Å². The zero-order valence-corrected chi connectivity index (χ0v) is 19.2. The van der Waals surface area contributed by atoms with Crippen molar-refractivity contribution in [2.24, 2.45) is 5.41 Å². The van der Waals surface area contributed by atoms with E-state index in [1.807, 2.05) is 57.2 Å². The summed E-state index contributed by atoms with van der Waals surface area (Å²) in [5, 5.41) is 15.0. The van der Waals surface area contributed by atoms with E-state index in [0.29, 0.717) is 18.1 Å². The number of anilines is 3. The second-order valence-corrected chi connectivity index (χ2v) is 9.22. The summed E-state index contributed by atoms with van der Waals surface area (Å²) in [6.07, 6.45) is 1.63. The highest BCUT2D eigenvalue weighted by atomic mass is 16.2. The highest BCUT2D eigenvalue weighted by Gasteiger charge is 2.34. The Morgan fingerprint density at radius 2 is 1.85 bits per heavy atom. The van der Waals surface area contributed by atoms with Gasteiger partial charge in [-0.2, -0.15) is 0 Å². The number of carbonyl (C=O) groups is 2. The number of aromatic nitrogens is 2. The Morgan fingerprint density at radius 3 is 2.52 bits per heavy atom. The summed E-state index contributed by atoms with van der Waals surface area (Å²) >= 11 is 0. The Kier molecular flexibility index (Phi) is 5.76. The maximum absolute atomic E-state index is 12.9. The molecule has 0 aliphatic carbocycles. The third-order valence-electron chi connectivity index (χ3n) is 5.40. The molecule has 0 fully saturated rings. The molecule has 1 aliphatic heterocycles. The van der Waals surface area contributed by atoms with Crippen molar-refractivity contribution in [1.29, 1.82) is 5.41 Å². The predicted octanol–water partition coefficient (Wildman–Crippen LogP) is 4.53. The van der Waals surface area contributed by atoms with Crippen molar-refractivity contribution >= 4 is 34.7 Å². The number of H-pyrrole nitrogens is 1. The normalized spacial score (nSPS) is 13.5. The minimum atomic E-state index is -0.531. The van der Waals surface area contributed by atoms with E-state index in [1.54, 1.807) is 17.2 Å². The number of aromatic amines is 1. The summed E-state index contributed by atoms with van der Waals surface area (Å²) in [4.78, 5) is 33.8. The number of hydrogen-bond acceptors (Lipinski definition) is 5. The standard InChI is InChI=1S/C25H28N6O2/c1-15(32)28-20-12-16(10-11-27-20)22-23(29-17-8-6-5-7-9-17)21-18(26)13-31(14-19(21)30-22)24(33)25(2,3)4/h5-12,26,29-30H,13-14H2,1-4H3,(H,27,28,32). The first-order chi connectivity index (χ1) is 15.6. The molecule has 0 atom stereocenters. The first-order valence-electron chi connectivity index (χ1n) is 10.8. The molecule has 0 saturated carbocycles. The Labute approximate surface area is 192 Å². The zero-order chi connectivity index (χ0) is 23.8. The number of para-hydroxylation sites is 1. The molecule has 3 aromatic rings. The third kappa shape index (κ3) is 4.64. The molecule has 33 heavy (non-hydrogen) atoms. The Morgan fingerprint density at radius 1 is 1.12 bits per heavy atom. The van der Waals surface area contributed by atoms with Gasteiger partial charge in [0.15, 0.2) is 0 Å². The zero-order valence-electron chi connectivity index (χ0n) is 19.2. The molecular formula is C25H28N6O2. The second kappa shape index (κ2) is 8.54. The largest absolute Gasteiger partial charge is 0.355 e. The van der Waals surface area contributed by atoms with Crippen LogP contribution in [0.1, 0.15) is 39.0 Å². The number of benzene rings is 1. The predicted molar refractivity (Wildman–Crippen MR) is 130 cm³/mol. The van der Waals surface area contributed by atoms with Crippen molar-refractivity contribution in [3.05, 3.63) is 59.9 Å². The fourth-order valence-corrected chi connectivity index (χ4v) is 3.98. The molecule has 2 aromatic heterocycles. The summed E-state index contributed by atoms with van der Waals surface area (Å²) in [5.41, 5.74) is 4.64. The number of nitrogens with one attached hydrogen (secondary N) is 4. The van der Waals surface area contributed by atoms with Gasteiger partial charge in [0, 0.05) is 41.0 Å². The van der Waals surface area contributed by atoms with E-state index in [4.69, 9.17) is 5.41 Å². The number of rotatable bonds is 4. The van der Waals surface area contributed by atoms with Crippen molar-refractivity contribution in [3.8, 4) is 11.3 Å². The molecule has 0 bridgehead atoms. The minimum Gasteiger partial charge on any atom is -0.355 e. The summed E-state index contributed by atoms with van der Waals surface area (Å²) in [6, 6.07) is 13.4. The molecule has 0 unspecified atom stereocenters. The second-order valence-electron chi connectivity index (χ2n) is 9.22. The average molecular weight is 445 g/mol. The molecule has 3 heterocycles. The SMILES string of the molecule is CC(=O)Nc1cc(-c2[nH]c3c(c2Nc2ccccc2)C(=N)CN(C(=O)C(C)(C)C)C3)ccn1. The lowest BCUT2D eigenvalue weighted by atomic mass is 9.92. The first-order valence-corrected chi connectivity index (χ1v) is 10.8. The third-order valence-corrected chi connectivity index (χ3v) is 5.40. The van der Waals surface area contributed by atoms with Gasteiger partial charge in [-0.1, -0.05) is 39.0 Å². The van der Waals surface area contributed by atoms with Crippen LogP contribution < -0.4 is 10.6 Å². The topological polar surface area (TPSA) is 114 Å². The molecular weight excluding hydrogens is 416 g/mol. The van der Waals surface area contributed by atoms with Crippen LogP contribution in [0.3, 0.4) is 0 Å². The van der Waals surface area contributed by atoms with Crippen LogP contribution >= 0.6 is 0 Å². The Bertz CT molecular complexity index is 1220. The van der Waals surface area contributed by atoms with Crippen LogP contribution in [0.25, 0.3) is 11.3 Å². The maximum atomic E-state index is 12.9. The van der Waals surface area contributed by atoms with Crippen molar-refractivity contribution in [2.75, 3.05) is 17.2 Å². The Hall–Kier alpha value is -3.94. The molecule has 8 heteroatoms. The van der Waals surface area contributed by atoms with Crippen LogP contribution in [0.4, 0.5) is 17.2 Å². The number of nitrogens with zero attached hydrogens (tertiary/aromatic N) is 2. The van der Waals surface area contributed by atoms with E-state index < -0.39 is 5.41 Å². The lowest BCUT2D eigenvalue weighted by Gasteiger charge is -2.32. The number of hydrogen-bond donors (Lipinski definition) is 4. The van der Waals surface area contributed by atoms with Crippen LogP contribution in [0.5, 0.6) is 0 Å². The van der Waals surface area contributed by atoms with Crippen LogP contribution in [0.2, 0.25) is 0 Å². The summed E-state index contributed by atoms with van der Waals surface area (Å²) in [7, 11) is 0. The Balaban J connectivity index is 1.81. The fourth-order valence-electron chi connectivity index (χ4n) is 3.98. The summed E-state index contributed by atoms with van der Waals surface area (Å²) in [5.74, 6) is 0.243. The monoisotopic (exact) mass is 444 g/mol. The van der Waals surface area contributed by atoms with E-state index in [0.717, 1.165) is 33.9 Å². The van der Waals surface area contributed by atoms with Gasteiger partial charge in [0.25, 0.3) is 0 Å². The van der Waals surface area contributed by atoms with Gasteiger partial charge in [0.05, 0.1) is 30.2 Å². The molecule has 2 amide bonds.